The number of aliphatic hydroxyl groups is 1. The van der Waals surface area contributed by atoms with Crippen molar-refractivity contribution in [2.24, 2.45) is 0 Å². The molecule has 0 amide bonds. The molecule has 2 fully saturated rings. The van der Waals surface area contributed by atoms with Gasteiger partial charge in [0, 0.05) is 11.7 Å². The summed E-state index contributed by atoms with van der Waals surface area (Å²) in [4.78, 5) is 12.4. The van der Waals surface area contributed by atoms with Gasteiger partial charge in [0.2, 0.25) is 0 Å². The highest BCUT2D eigenvalue weighted by Gasteiger charge is 2.55. The van der Waals surface area contributed by atoms with Gasteiger partial charge in [0.15, 0.2) is 7.85 Å². The van der Waals surface area contributed by atoms with Crippen molar-refractivity contribution >= 4 is 13.8 Å². The Morgan fingerprint density at radius 3 is 2.85 bits per heavy atom. The number of hydrogen-bond acceptors (Lipinski definition) is 4. The first-order valence-electron chi connectivity index (χ1n) is 6.79. The molecular weight excluding hydrogens is 253 g/mol. The Bertz CT molecular complexity index is 553. The predicted molar refractivity (Wildman–Crippen MR) is 75.2 cm³/mol. The Kier molecular flexibility index (Phi) is 3.30. The molecule has 0 saturated carbocycles. The third-order valence-corrected chi connectivity index (χ3v) is 4.15. The lowest BCUT2D eigenvalue weighted by Crippen LogP contribution is -2.47. The summed E-state index contributed by atoms with van der Waals surface area (Å²) in [7, 11) is 5.50. The number of rotatable bonds is 3. The smallest absolute Gasteiger partial charge is 0.331 e. The molecule has 0 spiro atoms. The van der Waals surface area contributed by atoms with Crippen LogP contribution in [-0.4, -0.2) is 30.5 Å². The second-order valence-electron chi connectivity index (χ2n) is 5.41. The molecule has 102 valence electrons. The predicted octanol–water partition coefficient (Wildman–Crippen LogP) is 1.56. The van der Waals surface area contributed by atoms with Crippen LogP contribution >= 0.6 is 0 Å². The number of ether oxygens (including phenoxy) is 1. The molecule has 20 heavy (non-hydrogen) atoms. The van der Waals surface area contributed by atoms with Crippen molar-refractivity contribution in [3.8, 4) is 0 Å². The van der Waals surface area contributed by atoms with Crippen LogP contribution in [0.15, 0.2) is 41.6 Å². The fourth-order valence-corrected chi connectivity index (χ4v) is 3.15. The topological polar surface area (TPSA) is 58.6 Å². The van der Waals surface area contributed by atoms with Gasteiger partial charge in [0.1, 0.15) is 12.1 Å². The summed E-state index contributed by atoms with van der Waals surface area (Å²) in [5.74, 6) is -0.353. The van der Waals surface area contributed by atoms with Gasteiger partial charge in [-0.2, -0.15) is 0 Å². The van der Waals surface area contributed by atoms with E-state index in [1.165, 1.54) is 0 Å². The van der Waals surface area contributed by atoms with E-state index in [1.54, 1.807) is 0 Å². The Morgan fingerprint density at radius 1 is 1.45 bits per heavy atom. The van der Waals surface area contributed by atoms with Crippen LogP contribution in [0, 0.1) is 0 Å². The third kappa shape index (κ3) is 2.12. The molecule has 2 heterocycles. The standard InChI is InChI=1S/C15H16BNO3/c16-13(18)12-8-11-6-7-15(12,17-11)14(19)20-9-10-4-2-1-3-5-10/h1-5,11,17-18H,6-9H2/b13-12+. The average molecular weight is 269 g/mol. The van der Waals surface area contributed by atoms with Crippen molar-refractivity contribution in [2.75, 3.05) is 0 Å². The van der Waals surface area contributed by atoms with E-state index in [4.69, 9.17) is 12.6 Å². The quantitative estimate of drug-likeness (QED) is 0.496. The molecular formula is C15H16BNO3. The summed E-state index contributed by atoms with van der Waals surface area (Å²) in [5, 5.41) is 12.8. The van der Waals surface area contributed by atoms with E-state index < -0.39 is 5.54 Å². The van der Waals surface area contributed by atoms with Gasteiger partial charge in [-0.3, -0.25) is 5.32 Å². The Hall–Kier alpha value is -1.75. The zero-order valence-corrected chi connectivity index (χ0v) is 11.1. The highest BCUT2D eigenvalue weighted by atomic mass is 16.5. The summed E-state index contributed by atoms with van der Waals surface area (Å²) in [6.07, 6.45) is 2.14. The van der Waals surface area contributed by atoms with E-state index in [9.17, 15) is 9.90 Å². The largest absolute Gasteiger partial charge is 0.524 e. The van der Waals surface area contributed by atoms with E-state index in [0.29, 0.717) is 18.4 Å². The van der Waals surface area contributed by atoms with E-state index in [-0.39, 0.29) is 24.3 Å². The molecule has 0 aliphatic carbocycles. The number of esters is 1. The maximum Gasteiger partial charge on any atom is 0.331 e. The van der Waals surface area contributed by atoms with Crippen LogP contribution in [-0.2, 0) is 16.1 Å². The van der Waals surface area contributed by atoms with Crippen molar-refractivity contribution in [1.29, 1.82) is 0 Å². The molecule has 2 radical (unpaired) electrons. The molecule has 4 nitrogen and oxygen atoms in total. The van der Waals surface area contributed by atoms with Crippen molar-refractivity contribution < 1.29 is 14.6 Å². The monoisotopic (exact) mass is 269 g/mol. The highest BCUT2D eigenvalue weighted by molar-refractivity contribution is 6.20. The lowest BCUT2D eigenvalue weighted by atomic mass is 9.79. The summed E-state index contributed by atoms with van der Waals surface area (Å²) < 4.78 is 5.41. The second-order valence-corrected chi connectivity index (χ2v) is 5.41. The zero-order chi connectivity index (χ0) is 14.2. The highest BCUT2D eigenvalue weighted by Crippen LogP contribution is 2.43. The van der Waals surface area contributed by atoms with Crippen molar-refractivity contribution in [3.05, 3.63) is 47.1 Å². The molecule has 2 N–H and O–H groups in total. The molecule has 3 rings (SSSR count). The van der Waals surface area contributed by atoms with Crippen molar-refractivity contribution in [1.82, 2.24) is 5.32 Å². The first kappa shape index (κ1) is 13.2. The fraction of sp³-hybridized carbons (Fsp3) is 0.400. The minimum Gasteiger partial charge on any atom is -0.524 e. The number of nitrogens with one attached hydrogen (secondary N) is 1. The Morgan fingerprint density at radius 2 is 2.20 bits per heavy atom. The SMILES string of the molecule is [B]/C(O)=C1/CC2CCC1(C(=O)OCc1ccccc1)N2. The van der Waals surface area contributed by atoms with Crippen molar-refractivity contribution in [3.63, 3.8) is 0 Å². The van der Waals surface area contributed by atoms with Crippen LogP contribution in [0.25, 0.3) is 0 Å². The number of fused-ring (bicyclic) bond motifs is 2. The van der Waals surface area contributed by atoms with Gasteiger partial charge < -0.3 is 9.84 Å². The summed E-state index contributed by atoms with van der Waals surface area (Å²) in [5.41, 5.74) is 0.341. The zero-order valence-electron chi connectivity index (χ0n) is 11.1. The number of aliphatic hydroxyl groups excluding tert-OH is 1. The lowest BCUT2D eigenvalue weighted by molar-refractivity contribution is -0.150. The molecule has 2 aliphatic rings. The van der Waals surface area contributed by atoms with Crippen LogP contribution in [0.4, 0.5) is 0 Å². The van der Waals surface area contributed by atoms with Gasteiger partial charge >= 0.3 is 5.97 Å². The molecule has 2 unspecified atom stereocenters. The third-order valence-electron chi connectivity index (χ3n) is 4.15. The van der Waals surface area contributed by atoms with Gasteiger partial charge in [-0.15, -0.1) is 0 Å². The molecule has 1 aromatic carbocycles. The second kappa shape index (κ2) is 4.98. The first-order chi connectivity index (χ1) is 9.62. The van der Waals surface area contributed by atoms with Gasteiger partial charge in [0.25, 0.3) is 0 Å². The average Bonchev–Trinajstić information content (AvgIpc) is 3.05. The Balaban J connectivity index is 1.75. The van der Waals surface area contributed by atoms with E-state index in [1.807, 2.05) is 30.3 Å². The molecule has 5 heteroatoms. The number of benzene rings is 1. The number of carbonyl (C=O) groups is 1. The van der Waals surface area contributed by atoms with Crippen LogP contribution in [0.2, 0.25) is 0 Å². The van der Waals surface area contributed by atoms with Crippen LogP contribution < -0.4 is 5.32 Å². The van der Waals surface area contributed by atoms with E-state index in [0.717, 1.165) is 12.0 Å². The number of hydrogen-bond donors (Lipinski definition) is 2. The maximum absolute atomic E-state index is 12.4. The Labute approximate surface area is 119 Å². The molecule has 2 aliphatic heterocycles. The normalized spacial score (nSPS) is 30.3. The first-order valence-corrected chi connectivity index (χ1v) is 6.79. The van der Waals surface area contributed by atoms with E-state index in [2.05, 4.69) is 5.32 Å². The maximum atomic E-state index is 12.4. The number of carbonyl (C=O) groups excluding carboxylic acids is 1. The molecule has 0 aromatic heterocycles. The van der Waals surface area contributed by atoms with Gasteiger partial charge in [0.05, 0.1) is 0 Å². The molecule has 2 saturated heterocycles. The van der Waals surface area contributed by atoms with Crippen LogP contribution in [0.5, 0.6) is 0 Å². The summed E-state index contributed by atoms with van der Waals surface area (Å²) >= 11 is 0. The molecule has 1 aromatic rings. The fourth-order valence-electron chi connectivity index (χ4n) is 3.15. The van der Waals surface area contributed by atoms with E-state index >= 15 is 0 Å². The van der Waals surface area contributed by atoms with Crippen LogP contribution in [0.1, 0.15) is 24.8 Å². The summed E-state index contributed by atoms with van der Waals surface area (Å²) in [6.45, 7) is 0.229. The minimum absolute atomic E-state index is 0.208. The summed E-state index contributed by atoms with van der Waals surface area (Å²) in [6, 6.07) is 9.73. The van der Waals surface area contributed by atoms with Gasteiger partial charge in [-0.05, 0) is 30.4 Å². The molecule has 2 atom stereocenters. The lowest BCUT2D eigenvalue weighted by Gasteiger charge is -2.27. The minimum atomic E-state index is -0.918. The van der Waals surface area contributed by atoms with Gasteiger partial charge in [-0.25, -0.2) is 4.79 Å². The van der Waals surface area contributed by atoms with Gasteiger partial charge in [-0.1, -0.05) is 30.3 Å². The van der Waals surface area contributed by atoms with Crippen LogP contribution in [0.3, 0.4) is 0 Å². The van der Waals surface area contributed by atoms with Crippen molar-refractivity contribution in [2.45, 2.75) is 37.5 Å². The molecule has 2 bridgehead atoms.